The van der Waals surface area contributed by atoms with E-state index in [-0.39, 0.29) is 18.0 Å². The van der Waals surface area contributed by atoms with Crippen LogP contribution in [0.2, 0.25) is 0 Å². The number of amides is 1. The molecule has 2 unspecified atom stereocenters. The summed E-state index contributed by atoms with van der Waals surface area (Å²) in [5.74, 6) is 0.900. The summed E-state index contributed by atoms with van der Waals surface area (Å²) in [6.07, 6.45) is 1.64. The third-order valence-electron chi connectivity index (χ3n) is 4.01. The first-order valence-electron chi connectivity index (χ1n) is 7.49. The largest absolute Gasteiger partial charge is 0.456 e. The summed E-state index contributed by atoms with van der Waals surface area (Å²) < 4.78 is 5.76. The van der Waals surface area contributed by atoms with Gasteiger partial charge in [-0.1, -0.05) is 24.3 Å². The highest BCUT2D eigenvalue weighted by atomic mass is 16.5. The molecule has 0 aromatic heterocycles. The SMILES string of the molecule is N#Cc1ccccc1Oc1ccc(C2CCC(C(N)=O)N2)cc1. The van der Waals surface area contributed by atoms with Gasteiger partial charge in [0.2, 0.25) is 5.91 Å². The molecule has 1 fully saturated rings. The van der Waals surface area contributed by atoms with Crippen LogP contribution in [-0.2, 0) is 4.79 Å². The van der Waals surface area contributed by atoms with Crippen LogP contribution in [-0.4, -0.2) is 11.9 Å². The number of benzene rings is 2. The zero-order valence-corrected chi connectivity index (χ0v) is 12.5. The van der Waals surface area contributed by atoms with Gasteiger partial charge in [-0.3, -0.25) is 10.1 Å². The summed E-state index contributed by atoms with van der Waals surface area (Å²) in [5.41, 5.74) is 6.92. The number of nitriles is 1. The Kier molecular flexibility index (Phi) is 4.26. The molecular formula is C18H17N3O2. The standard InChI is InChI=1S/C18H17N3O2/c19-11-13-3-1-2-4-17(13)23-14-7-5-12(6-8-14)15-9-10-16(21-15)18(20)22/h1-8,15-16,21H,9-10H2,(H2,20,22). The van der Waals surface area contributed by atoms with E-state index in [1.165, 1.54) is 0 Å². The van der Waals surface area contributed by atoms with E-state index in [1.807, 2.05) is 30.3 Å². The molecule has 3 N–H and O–H groups in total. The van der Waals surface area contributed by atoms with Gasteiger partial charge >= 0.3 is 0 Å². The van der Waals surface area contributed by atoms with Crippen LogP contribution in [0.5, 0.6) is 11.5 Å². The fourth-order valence-electron chi connectivity index (χ4n) is 2.77. The summed E-state index contributed by atoms with van der Waals surface area (Å²) >= 11 is 0. The minimum Gasteiger partial charge on any atom is -0.456 e. The second kappa shape index (κ2) is 6.51. The molecule has 5 nitrogen and oxygen atoms in total. The average molecular weight is 307 g/mol. The molecule has 2 aromatic rings. The van der Waals surface area contributed by atoms with Crippen LogP contribution >= 0.6 is 0 Å². The molecule has 1 amide bonds. The molecule has 0 aliphatic carbocycles. The number of nitrogens with zero attached hydrogens (tertiary/aromatic N) is 1. The highest BCUT2D eigenvalue weighted by Gasteiger charge is 2.28. The number of nitrogens with one attached hydrogen (secondary N) is 1. The van der Waals surface area contributed by atoms with Crippen molar-refractivity contribution in [2.45, 2.75) is 24.9 Å². The van der Waals surface area contributed by atoms with E-state index in [0.717, 1.165) is 18.4 Å². The number of ether oxygens (including phenoxy) is 1. The first-order chi connectivity index (χ1) is 11.2. The summed E-state index contributed by atoms with van der Waals surface area (Å²) in [7, 11) is 0. The smallest absolute Gasteiger partial charge is 0.234 e. The van der Waals surface area contributed by atoms with E-state index >= 15 is 0 Å². The number of hydrogen-bond donors (Lipinski definition) is 2. The number of rotatable bonds is 4. The predicted molar refractivity (Wildman–Crippen MR) is 85.8 cm³/mol. The predicted octanol–water partition coefficient (Wildman–Crippen LogP) is 2.63. The molecule has 2 atom stereocenters. The van der Waals surface area contributed by atoms with Crippen molar-refractivity contribution in [3.63, 3.8) is 0 Å². The van der Waals surface area contributed by atoms with Crippen molar-refractivity contribution >= 4 is 5.91 Å². The van der Waals surface area contributed by atoms with E-state index < -0.39 is 0 Å². The Bertz CT molecular complexity index is 750. The Morgan fingerprint density at radius 2 is 1.91 bits per heavy atom. The summed E-state index contributed by atoms with van der Waals surface area (Å²) in [5, 5.41) is 12.3. The van der Waals surface area contributed by atoms with Gasteiger partial charge in [-0.2, -0.15) is 5.26 Å². The average Bonchev–Trinajstić information content (AvgIpc) is 3.06. The number of para-hydroxylation sites is 1. The van der Waals surface area contributed by atoms with Crippen LogP contribution in [0.4, 0.5) is 0 Å². The van der Waals surface area contributed by atoms with Crippen molar-refractivity contribution in [3.05, 3.63) is 59.7 Å². The third kappa shape index (κ3) is 3.33. The minimum absolute atomic E-state index is 0.132. The normalized spacial score (nSPS) is 20.0. The van der Waals surface area contributed by atoms with Gasteiger partial charge in [0.15, 0.2) is 0 Å². The molecule has 1 heterocycles. The van der Waals surface area contributed by atoms with E-state index in [0.29, 0.717) is 17.1 Å². The van der Waals surface area contributed by atoms with Gasteiger partial charge in [0.25, 0.3) is 0 Å². The molecule has 0 spiro atoms. The van der Waals surface area contributed by atoms with Crippen molar-refractivity contribution < 1.29 is 9.53 Å². The fourth-order valence-corrected chi connectivity index (χ4v) is 2.77. The van der Waals surface area contributed by atoms with Gasteiger partial charge in [-0.05, 0) is 42.7 Å². The van der Waals surface area contributed by atoms with Crippen molar-refractivity contribution in [2.24, 2.45) is 5.73 Å². The van der Waals surface area contributed by atoms with Crippen molar-refractivity contribution in [1.82, 2.24) is 5.32 Å². The van der Waals surface area contributed by atoms with Crippen LogP contribution < -0.4 is 15.8 Å². The van der Waals surface area contributed by atoms with Crippen LogP contribution in [0.1, 0.15) is 30.0 Å². The Balaban J connectivity index is 1.71. The summed E-state index contributed by atoms with van der Waals surface area (Å²) in [6.45, 7) is 0. The number of primary amides is 1. The van der Waals surface area contributed by atoms with E-state index in [4.69, 9.17) is 15.7 Å². The highest BCUT2D eigenvalue weighted by molar-refractivity contribution is 5.80. The zero-order chi connectivity index (χ0) is 16.2. The maximum Gasteiger partial charge on any atom is 0.234 e. The van der Waals surface area contributed by atoms with E-state index in [2.05, 4.69) is 11.4 Å². The third-order valence-corrected chi connectivity index (χ3v) is 4.01. The molecule has 2 aromatic carbocycles. The van der Waals surface area contributed by atoms with Crippen LogP contribution in [0.15, 0.2) is 48.5 Å². The molecule has 116 valence electrons. The van der Waals surface area contributed by atoms with Gasteiger partial charge in [0.05, 0.1) is 11.6 Å². The Morgan fingerprint density at radius 3 is 2.57 bits per heavy atom. The molecule has 1 aliphatic rings. The minimum atomic E-state index is -0.305. The van der Waals surface area contributed by atoms with Gasteiger partial charge in [0, 0.05) is 6.04 Å². The van der Waals surface area contributed by atoms with E-state index in [9.17, 15) is 4.79 Å². The number of nitrogens with two attached hydrogens (primary N) is 1. The van der Waals surface area contributed by atoms with Crippen LogP contribution in [0.3, 0.4) is 0 Å². The van der Waals surface area contributed by atoms with Crippen molar-refractivity contribution in [1.29, 1.82) is 5.26 Å². The fraction of sp³-hybridized carbons (Fsp3) is 0.222. The summed E-state index contributed by atoms with van der Waals surface area (Å²) in [6, 6.07) is 16.8. The Morgan fingerprint density at radius 1 is 1.17 bits per heavy atom. The monoisotopic (exact) mass is 307 g/mol. The van der Waals surface area contributed by atoms with Gasteiger partial charge < -0.3 is 10.5 Å². The van der Waals surface area contributed by atoms with Gasteiger partial charge in [0.1, 0.15) is 17.6 Å². The molecule has 0 radical (unpaired) electrons. The maximum absolute atomic E-state index is 11.2. The zero-order valence-electron chi connectivity index (χ0n) is 12.5. The molecule has 23 heavy (non-hydrogen) atoms. The second-order valence-electron chi connectivity index (χ2n) is 5.53. The molecule has 3 rings (SSSR count). The molecule has 5 heteroatoms. The van der Waals surface area contributed by atoms with Crippen LogP contribution in [0, 0.1) is 11.3 Å². The lowest BCUT2D eigenvalue weighted by Crippen LogP contribution is -2.37. The lowest BCUT2D eigenvalue weighted by Gasteiger charge is -2.13. The Hall–Kier alpha value is -2.84. The molecule has 0 saturated carbocycles. The molecule has 1 saturated heterocycles. The molecule has 1 aliphatic heterocycles. The van der Waals surface area contributed by atoms with E-state index in [1.54, 1.807) is 18.2 Å². The van der Waals surface area contributed by atoms with Gasteiger partial charge in [-0.25, -0.2) is 0 Å². The quantitative estimate of drug-likeness (QED) is 0.909. The topological polar surface area (TPSA) is 88.1 Å². The first kappa shape index (κ1) is 15.1. The lowest BCUT2D eigenvalue weighted by molar-refractivity contribution is -0.119. The maximum atomic E-state index is 11.2. The molecule has 0 bridgehead atoms. The Labute approximate surface area is 134 Å². The first-order valence-corrected chi connectivity index (χ1v) is 7.49. The highest BCUT2D eigenvalue weighted by Crippen LogP contribution is 2.29. The van der Waals surface area contributed by atoms with Crippen LogP contribution in [0.25, 0.3) is 0 Å². The second-order valence-corrected chi connectivity index (χ2v) is 5.53. The van der Waals surface area contributed by atoms with Crippen molar-refractivity contribution in [3.8, 4) is 17.6 Å². The lowest BCUT2D eigenvalue weighted by atomic mass is 10.1. The molecular weight excluding hydrogens is 290 g/mol. The van der Waals surface area contributed by atoms with Crippen molar-refractivity contribution in [2.75, 3.05) is 0 Å². The summed E-state index contributed by atoms with van der Waals surface area (Å²) in [4.78, 5) is 11.2. The number of carbonyl (C=O) groups is 1. The van der Waals surface area contributed by atoms with Gasteiger partial charge in [-0.15, -0.1) is 0 Å². The number of carbonyl (C=O) groups excluding carboxylic acids is 1. The number of hydrogen-bond acceptors (Lipinski definition) is 4.